The van der Waals surface area contributed by atoms with Crippen LogP contribution in [-0.2, 0) is 19.3 Å². The third kappa shape index (κ3) is 3.96. The number of aryl methyl sites for hydroxylation is 1. The number of methoxy groups -OCH3 is 1. The molecule has 3 rings (SSSR count). The van der Waals surface area contributed by atoms with Crippen molar-refractivity contribution in [3.05, 3.63) is 56.5 Å². The van der Waals surface area contributed by atoms with Crippen LogP contribution in [0.25, 0.3) is 11.0 Å². The van der Waals surface area contributed by atoms with Crippen molar-refractivity contribution in [1.29, 1.82) is 0 Å². The number of rotatable bonds is 6. The highest BCUT2D eigenvalue weighted by atomic mass is 32.2. The molecule has 2 aromatic heterocycles. The lowest BCUT2D eigenvalue weighted by Gasteiger charge is -2.15. The molecule has 0 fully saturated rings. The zero-order valence-corrected chi connectivity index (χ0v) is 17.5. The maximum atomic E-state index is 12.9. The number of thioether (sulfide) groups is 1. The van der Waals surface area contributed by atoms with Gasteiger partial charge in [-0.05, 0) is 30.5 Å². The number of aromatic nitrogens is 4. The molecule has 0 bridgehead atoms. The van der Waals surface area contributed by atoms with Crippen LogP contribution >= 0.6 is 11.8 Å². The fourth-order valence-corrected chi connectivity index (χ4v) is 3.96. The Hall–Kier alpha value is -2.61. The normalized spacial score (nSPS) is 11.4. The van der Waals surface area contributed by atoms with Gasteiger partial charge in [-0.2, -0.15) is 0 Å². The summed E-state index contributed by atoms with van der Waals surface area (Å²) in [5, 5.41) is 0.989. The molecule has 0 saturated heterocycles. The van der Waals surface area contributed by atoms with E-state index < -0.39 is 0 Å². The molecule has 0 N–H and O–H groups in total. The van der Waals surface area contributed by atoms with E-state index in [1.165, 1.54) is 18.8 Å². The van der Waals surface area contributed by atoms with Crippen molar-refractivity contribution in [2.75, 3.05) is 7.11 Å². The van der Waals surface area contributed by atoms with Gasteiger partial charge in [0, 0.05) is 19.3 Å². The molecule has 0 unspecified atom stereocenters. The second-order valence-electron chi connectivity index (χ2n) is 7.06. The molecule has 148 valence electrons. The van der Waals surface area contributed by atoms with Crippen molar-refractivity contribution in [3.63, 3.8) is 0 Å². The third-order valence-corrected chi connectivity index (χ3v) is 5.39. The first-order valence-corrected chi connectivity index (χ1v) is 10.0. The van der Waals surface area contributed by atoms with Crippen LogP contribution in [0.5, 0.6) is 5.75 Å². The predicted octanol–water partition coefficient (Wildman–Crippen LogP) is 2.76. The van der Waals surface area contributed by atoms with Crippen LogP contribution in [0.15, 0.2) is 38.9 Å². The van der Waals surface area contributed by atoms with Crippen molar-refractivity contribution in [2.45, 2.75) is 38.1 Å². The van der Waals surface area contributed by atoms with Gasteiger partial charge >= 0.3 is 5.69 Å². The average Bonchev–Trinajstić information content (AvgIpc) is 2.67. The van der Waals surface area contributed by atoms with Gasteiger partial charge in [0.2, 0.25) is 0 Å². The maximum absolute atomic E-state index is 12.9. The summed E-state index contributed by atoms with van der Waals surface area (Å²) in [6.45, 7) is 6.31. The molecule has 28 heavy (non-hydrogen) atoms. The minimum Gasteiger partial charge on any atom is -0.497 e. The first kappa shape index (κ1) is 20.1. The second-order valence-corrected chi connectivity index (χ2v) is 8.03. The Balaban J connectivity index is 2.10. The molecule has 2 heterocycles. The first-order chi connectivity index (χ1) is 13.3. The smallest absolute Gasteiger partial charge is 0.332 e. The average molecular weight is 401 g/mol. The van der Waals surface area contributed by atoms with Gasteiger partial charge in [-0.3, -0.25) is 13.9 Å². The lowest BCUT2D eigenvalue weighted by atomic mass is 10.2. The Morgan fingerprint density at radius 1 is 1.14 bits per heavy atom. The minimum atomic E-state index is -0.364. The first-order valence-electron chi connectivity index (χ1n) is 9.05. The lowest BCUT2D eigenvalue weighted by molar-refractivity contribution is 0.414. The molecule has 3 aromatic rings. The highest BCUT2D eigenvalue weighted by Crippen LogP contribution is 2.26. The van der Waals surface area contributed by atoms with Crippen LogP contribution in [0, 0.1) is 12.8 Å². The largest absolute Gasteiger partial charge is 0.497 e. The molecule has 0 saturated carbocycles. The molecule has 0 aliphatic heterocycles. The predicted molar refractivity (Wildman–Crippen MR) is 111 cm³/mol. The van der Waals surface area contributed by atoms with Gasteiger partial charge in [0.25, 0.3) is 5.56 Å². The maximum Gasteiger partial charge on any atom is 0.332 e. The summed E-state index contributed by atoms with van der Waals surface area (Å²) in [4.78, 5) is 34.4. The fourth-order valence-electron chi connectivity index (χ4n) is 2.95. The number of benzene rings is 1. The van der Waals surface area contributed by atoms with Crippen LogP contribution in [-0.4, -0.2) is 26.2 Å². The van der Waals surface area contributed by atoms with Crippen molar-refractivity contribution in [1.82, 2.24) is 19.1 Å². The molecule has 0 radical (unpaired) electrons. The van der Waals surface area contributed by atoms with Crippen molar-refractivity contribution in [3.8, 4) is 5.75 Å². The molecule has 0 aliphatic carbocycles. The molecule has 0 amide bonds. The van der Waals surface area contributed by atoms with Crippen molar-refractivity contribution < 1.29 is 4.74 Å². The van der Waals surface area contributed by atoms with E-state index in [9.17, 15) is 9.59 Å². The second kappa shape index (κ2) is 8.18. The Labute approximate surface area is 167 Å². The molecular formula is C20H24N4O3S. The summed E-state index contributed by atoms with van der Waals surface area (Å²) in [5.41, 5.74) is 0.779. The van der Waals surface area contributed by atoms with E-state index in [1.54, 1.807) is 18.6 Å². The topological polar surface area (TPSA) is 79.0 Å². The van der Waals surface area contributed by atoms with Gasteiger partial charge < -0.3 is 4.74 Å². The minimum absolute atomic E-state index is 0.240. The van der Waals surface area contributed by atoms with Crippen LogP contribution < -0.4 is 16.0 Å². The van der Waals surface area contributed by atoms with E-state index >= 15 is 0 Å². The Morgan fingerprint density at radius 2 is 1.82 bits per heavy atom. The summed E-state index contributed by atoms with van der Waals surface area (Å²) in [6, 6.07) is 7.76. The summed E-state index contributed by atoms with van der Waals surface area (Å²) >= 11 is 1.47. The number of ether oxygens (including phenoxy) is 1. The fraction of sp³-hybridized carbons (Fsp3) is 0.400. The zero-order chi connectivity index (χ0) is 20.4. The number of hydrogen-bond donors (Lipinski definition) is 0. The van der Waals surface area contributed by atoms with Gasteiger partial charge in [0.15, 0.2) is 5.65 Å². The van der Waals surface area contributed by atoms with Crippen LogP contribution in [0.2, 0.25) is 0 Å². The van der Waals surface area contributed by atoms with Crippen molar-refractivity contribution in [2.24, 2.45) is 13.0 Å². The Morgan fingerprint density at radius 3 is 2.43 bits per heavy atom. The Kier molecular flexibility index (Phi) is 5.88. The zero-order valence-electron chi connectivity index (χ0n) is 16.7. The van der Waals surface area contributed by atoms with Gasteiger partial charge in [-0.25, -0.2) is 14.8 Å². The molecule has 0 spiro atoms. The van der Waals surface area contributed by atoms with E-state index in [1.807, 2.05) is 38.1 Å². The van der Waals surface area contributed by atoms with E-state index in [0.717, 1.165) is 15.9 Å². The molecule has 1 aromatic carbocycles. The lowest BCUT2D eigenvalue weighted by Crippen LogP contribution is -2.39. The number of hydrogen-bond acceptors (Lipinski definition) is 6. The van der Waals surface area contributed by atoms with Crippen LogP contribution in [0.4, 0.5) is 0 Å². The summed E-state index contributed by atoms with van der Waals surface area (Å²) < 4.78 is 7.90. The quantitative estimate of drug-likeness (QED) is 0.468. The highest BCUT2D eigenvalue weighted by Gasteiger charge is 2.18. The van der Waals surface area contributed by atoms with E-state index in [2.05, 4.69) is 9.97 Å². The van der Waals surface area contributed by atoms with Crippen LogP contribution in [0.3, 0.4) is 0 Å². The highest BCUT2D eigenvalue weighted by molar-refractivity contribution is 7.98. The summed E-state index contributed by atoms with van der Waals surface area (Å²) in [5.74, 6) is 2.21. The molecule has 0 aliphatic rings. The van der Waals surface area contributed by atoms with Gasteiger partial charge in [0.1, 0.15) is 22.0 Å². The Bertz CT molecular complexity index is 1120. The SMILES string of the molecule is COc1ccc(CSc2nc(C)nc3c2c(=O)n(C)c(=O)n3CC(C)C)cc1. The number of nitrogens with zero attached hydrogens (tertiary/aromatic N) is 4. The number of fused-ring (bicyclic) bond motifs is 1. The van der Waals surface area contributed by atoms with Gasteiger partial charge in [0.05, 0.1) is 7.11 Å². The monoisotopic (exact) mass is 400 g/mol. The van der Waals surface area contributed by atoms with E-state index in [0.29, 0.717) is 34.2 Å². The van der Waals surface area contributed by atoms with Crippen LogP contribution in [0.1, 0.15) is 25.2 Å². The third-order valence-electron chi connectivity index (χ3n) is 4.34. The standard InChI is InChI=1S/C20H24N4O3S/c1-12(2)10-24-17-16(19(25)23(4)20(24)26)18(22-13(3)21-17)28-11-14-6-8-15(27-5)9-7-14/h6-9,12H,10-11H2,1-5H3. The molecular weight excluding hydrogens is 376 g/mol. The van der Waals surface area contributed by atoms with Gasteiger partial charge in [-0.1, -0.05) is 26.0 Å². The molecule has 8 heteroatoms. The molecule has 0 atom stereocenters. The summed E-state index contributed by atoms with van der Waals surface area (Å²) in [6.07, 6.45) is 0. The summed E-state index contributed by atoms with van der Waals surface area (Å²) in [7, 11) is 3.13. The van der Waals surface area contributed by atoms with Crippen molar-refractivity contribution >= 4 is 22.8 Å². The van der Waals surface area contributed by atoms with E-state index in [-0.39, 0.29) is 17.2 Å². The molecule has 7 nitrogen and oxygen atoms in total. The van der Waals surface area contributed by atoms with E-state index in [4.69, 9.17) is 4.74 Å². The van der Waals surface area contributed by atoms with Gasteiger partial charge in [-0.15, -0.1) is 11.8 Å².